The molecule has 0 atom stereocenters. The lowest BCUT2D eigenvalue weighted by Crippen LogP contribution is -2.05. The predicted molar refractivity (Wildman–Crippen MR) is 148 cm³/mol. The fraction of sp³-hybridized carbons (Fsp3) is 0.0588. The third kappa shape index (κ3) is 6.97. The summed E-state index contributed by atoms with van der Waals surface area (Å²) in [5.41, 5.74) is 6.37. The van der Waals surface area contributed by atoms with Crippen molar-refractivity contribution in [2.24, 2.45) is 0 Å². The van der Waals surface area contributed by atoms with E-state index in [-0.39, 0.29) is 24.4 Å². The molecule has 0 saturated heterocycles. The van der Waals surface area contributed by atoms with Gasteiger partial charge in [-0.2, -0.15) is 0 Å². The molecule has 0 aliphatic rings. The monoisotopic (exact) mass is 468 g/mol. The van der Waals surface area contributed by atoms with E-state index in [1.165, 1.54) is 22.3 Å². The van der Waals surface area contributed by atoms with Gasteiger partial charge in [-0.3, -0.25) is 9.59 Å². The van der Waals surface area contributed by atoms with E-state index in [0.29, 0.717) is 11.1 Å². The van der Waals surface area contributed by atoms with Crippen LogP contribution in [0.2, 0.25) is 0 Å². The molecule has 0 aromatic heterocycles. The molecule has 0 unspecified atom stereocenters. The molecular weight excluding hydrogens is 440 g/mol. The maximum Gasteiger partial charge on any atom is 0.163 e. The van der Waals surface area contributed by atoms with Crippen molar-refractivity contribution in [2.75, 3.05) is 0 Å². The van der Waals surface area contributed by atoms with E-state index in [9.17, 15) is 9.59 Å². The van der Waals surface area contributed by atoms with Gasteiger partial charge in [0.2, 0.25) is 0 Å². The maximum atomic E-state index is 11.8. The average Bonchev–Trinajstić information content (AvgIpc) is 2.98. The van der Waals surface area contributed by atoms with Gasteiger partial charge in [0.05, 0.1) is 0 Å². The Morgan fingerprint density at radius 2 is 0.667 bits per heavy atom. The van der Waals surface area contributed by atoms with Crippen molar-refractivity contribution in [2.45, 2.75) is 12.8 Å². The molecule has 0 saturated carbocycles. The van der Waals surface area contributed by atoms with Gasteiger partial charge in [-0.1, -0.05) is 140 Å². The third-order valence-corrected chi connectivity index (χ3v) is 5.85. The Hall–Kier alpha value is -4.56. The van der Waals surface area contributed by atoms with Crippen LogP contribution in [0.25, 0.3) is 22.3 Å². The van der Waals surface area contributed by atoms with E-state index < -0.39 is 0 Å². The molecule has 0 N–H and O–H groups in total. The minimum atomic E-state index is 0.0138. The van der Waals surface area contributed by atoms with Crippen molar-refractivity contribution in [1.82, 2.24) is 0 Å². The Balaban J connectivity index is 0.000000169. The Morgan fingerprint density at radius 1 is 0.361 bits per heavy atom. The van der Waals surface area contributed by atoms with Crippen LogP contribution in [0.3, 0.4) is 0 Å². The number of hydrogen-bond donors (Lipinski definition) is 0. The van der Waals surface area contributed by atoms with Crippen LogP contribution in [0.1, 0.15) is 33.6 Å². The average molecular weight is 469 g/mol. The van der Waals surface area contributed by atoms with E-state index in [4.69, 9.17) is 0 Å². The van der Waals surface area contributed by atoms with Crippen molar-refractivity contribution in [1.29, 1.82) is 0 Å². The first-order chi connectivity index (χ1) is 17.7. The fourth-order valence-electron chi connectivity index (χ4n) is 3.90. The van der Waals surface area contributed by atoms with Crippen LogP contribution in [0, 0.1) is 0 Å². The summed E-state index contributed by atoms with van der Waals surface area (Å²) in [4.78, 5) is 23.7. The molecule has 176 valence electrons. The lowest BCUT2D eigenvalue weighted by atomic mass is 9.99. The van der Waals surface area contributed by atoms with Crippen LogP contribution in [0.15, 0.2) is 146 Å². The van der Waals surface area contributed by atoms with Gasteiger partial charge in [-0.15, -0.1) is 0 Å². The summed E-state index contributed by atoms with van der Waals surface area (Å²) in [5, 5.41) is 0. The standard InChI is InChI=1S/C18H14.C16H14O2/c1-3-8-15(9-4-1)17-12-7-13-18(14-17)16-10-5-2-6-11-16;17-15(13-7-3-1-4-8-13)11-12-16(18)14-9-5-2-6-10-14/h1-14H;1-10H,11-12H2. The lowest BCUT2D eigenvalue weighted by Gasteiger charge is -2.05. The molecule has 0 amide bonds. The van der Waals surface area contributed by atoms with Gasteiger partial charge in [0.1, 0.15) is 0 Å². The zero-order valence-electron chi connectivity index (χ0n) is 20.1. The van der Waals surface area contributed by atoms with Crippen LogP contribution in [0.4, 0.5) is 0 Å². The Morgan fingerprint density at radius 3 is 1.03 bits per heavy atom. The van der Waals surface area contributed by atoms with E-state index in [1.807, 2.05) is 48.5 Å². The summed E-state index contributed by atoms with van der Waals surface area (Å²) in [6.45, 7) is 0. The first kappa shape index (κ1) is 24.6. The van der Waals surface area contributed by atoms with Crippen LogP contribution in [0.5, 0.6) is 0 Å². The summed E-state index contributed by atoms with van der Waals surface area (Å²) < 4.78 is 0. The van der Waals surface area contributed by atoms with Crippen molar-refractivity contribution in [3.63, 3.8) is 0 Å². The third-order valence-electron chi connectivity index (χ3n) is 5.85. The smallest absolute Gasteiger partial charge is 0.163 e. The van der Waals surface area contributed by atoms with Gasteiger partial charge in [0, 0.05) is 24.0 Å². The van der Waals surface area contributed by atoms with Gasteiger partial charge in [-0.05, 0) is 28.3 Å². The number of Topliss-reactive ketones (excluding diaryl/α,β-unsaturated/α-hetero) is 2. The van der Waals surface area contributed by atoms with Gasteiger partial charge in [0.25, 0.3) is 0 Å². The molecule has 5 aromatic rings. The number of rotatable bonds is 7. The number of hydrogen-bond acceptors (Lipinski definition) is 2. The van der Waals surface area contributed by atoms with Gasteiger partial charge < -0.3 is 0 Å². The fourth-order valence-corrected chi connectivity index (χ4v) is 3.90. The van der Waals surface area contributed by atoms with Gasteiger partial charge in [-0.25, -0.2) is 0 Å². The van der Waals surface area contributed by atoms with Gasteiger partial charge in [0.15, 0.2) is 11.6 Å². The molecule has 0 aliphatic carbocycles. The Labute approximate surface area is 212 Å². The highest BCUT2D eigenvalue weighted by Gasteiger charge is 2.10. The number of carbonyl (C=O) groups is 2. The molecule has 2 heteroatoms. The molecule has 0 aliphatic heterocycles. The maximum absolute atomic E-state index is 11.8. The first-order valence-electron chi connectivity index (χ1n) is 12.1. The summed E-state index contributed by atoms with van der Waals surface area (Å²) >= 11 is 0. The highest BCUT2D eigenvalue weighted by Crippen LogP contribution is 2.25. The van der Waals surface area contributed by atoms with E-state index in [1.54, 1.807) is 24.3 Å². The predicted octanol–water partition coefficient (Wildman–Crippen LogP) is 8.55. The Kier molecular flexibility index (Phi) is 8.72. The number of ketones is 2. The molecule has 5 aromatic carbocycles. The highest BCUT2D eigenvalue weighted by molar-refractivity contribution is 6.02. The van der Waals surface area contributed by atoms with Crippen LogP contribution < -0.4 is 0 Å². The van der Waals surface area contributed by atoms with Crippen molar-refractivity contribution in [3.05, 3.63) is 157 Å². The van der Waals surface area contributed by atoms with E-state index in [2.05, 4.69) is 72.8 Å². The Bertz CT molecular complexity index is 1270. The second-order valence-corrected chi connectivity index (χ2v) is 8.39. The summed E-state index contributed by atoms with van der Waals surface area (Å²) in [5.74, 6) is 0.0276. The molecule has 0 radical (unpaired) electrons. The molecule has 0 bridgehead atoms. The van der Waals surface area contributed by atoms with Crippen LogP contribution in [-0.4, -0.2) is 11.6 Å². The summed E-state index contributed by atoms with van der Waals surface area (Å²) in [6.07, 6.45) is 0.523. The van der Waals surface area contributed by atoms with Crippen molar-refractivity contribution < 1.29 is 9.59 Å². The molecule has 0 heterocycles. The molecule has 5 rings (SSSR count). The normalized spacial score (nSPS) is 10.1. The van der Waals surface area contributed by atoms with Crippen LogP contribution >= 0.6 is 0 Å². The largest absolute Gasteiger partial charge is 0.294 e. The minimum Gasteiger partial charge on any atom is -0.294 e. The van der Waals surface area contributed by atoms with E-state index >= 15 is 0 Å². The van der Waals surface area contributed by atoms with Gasteiger partial charge >= 0.3 is 0 Å². The molecular formula is C34H28O2. The molecule has 2 nitrogen and oxygen atoms in total. The zero-order chi connectivity index (χ0) is 25.0. The molecule has 0 fully saturated rings. The lowest BCUT2D eigenvalue weighted by molar-refractivity contribution is 0.0917. The van der Waals surface area contributed by atoms with E-state index in [0.717, 1.165) is 0 Å². The zero-order valence-corrected chi connectivity index (χ0v) is 20.1. The summed E-state index contributed by atoms with van der Waals surface area (Å²) in [7, 11) is 0. The van der Waals surface area contributed by atoms with Crippen molar-refractivity contribution in [3.8, 4) is 22.3 Å². The second-order valence-electron chi connectivity index (χ2n) is 8.39. The molecule has 36 heavy (non-hydrogen) atoms. The highest BCUT2D eigenvalue weighted by atomic mass is 16.1. The minimum absolute atomic E-state index is 0.0138. The van der Waals surface area contributed by atoms with Crippen molar-refractivity contribution >= 4 is 11.6 Å². The quantitative estimate of drug-likeness (QED) is 0.224. The molecule has 0 spiro atoms. The number of carbonyl (C=O) groups excluding carboxylic acids is 2. The topological polar surface area (TPSA) is 34.1 Å². The summed E-state index contributed by atoms with van der Waals surface area (Å²) in [6, 6.07) is 47.8. The first-order valence-corrected chi connectivity index (χ1v) is 12.1. The second kappa shape index (κ2) is 12.8. The van der Waals surface area contributed by atoms with Crippen LogP contribution in [-0.2, 0) is 0 Å². The number of benzene rings is 5. The SMILES string of the molecule is O=C(CCC(=O)c1ccccc1)c1ccccc1.c1ccc(-c2cccc(-c3ccccc3)c2)cc1.